The summed E-state index contributed by atoms with van der Waals surface area (Å²) in [6, 6.07) is 7.58. The number of aliphatic carboxylic acids is 1. The number of carbonyl (C=O) groups excluding carboxylic acids is 2. The molecule has 0 heterocycles. The largest absolute Gasteiger partial charge is 0.480 e. The van der Waals surface area contributed by atoms with Gasteiger partial charge in [0.2, 0.25) is 5.91 Å². The van der Waals surface area contributed by atoms with Gasteiger partial charge in [0, 0.05) is 10.8 Å². The van der Waals surface area contributed by atoms with Gasteiger partial charge in [-0.05, 0) is 12.0 Å². The Labute approximate surface area is 117 Å². The molecule has 0 aliphatic rings. The van der Waals surface area contributed by atoms with E-state index in [4.69, 9.17) is 10.8 Å². The highest BCUT2D eigenvalue weighted by Gasteiger charge is 2.27. The highest BCUT2D eigenvalue weighted by molar-refractivity contribution is 7.87. The van der Waals surface area contributed by atoms with E-state index in [1.165, 1.54) is 0 Å². The lowest BCUT2D eigenvalue weighted by atomic mass is 10.1. The number of nitrogens with two attached hydrogens (primary N) is 1. The molecule has 0 aliphatic heterocycles. The third-order valence-electron chi connectivity index (χ3n) is 2.39. The maximum absolute atomic E-state index is 11.9. The summed E-state index contributed by atoms with van der Waals surface area (Å²) in [5, 5.41) is 9.60. The summed E-state index contributed by atoms with van der Waals surface area (Å²) in [6.45, 7) is 0. The van der Waals surface area contributed by atoms with Crippen molar-refractivity contribution < 1.29 is 23.7 Å². The Morgan fingerprint density at radius 3 is 2.35 bits per heavy atom. The highest BCUT2D eigenvalue weighted by Crippen LogP contribution is 2.09. The van der Waals surface area contributed by atoms with Crippen molar-refractivity contribution in [3.05, 3.63) is 35.9 Å². The average Bonchev–Trinajstić information content (AvgIpc) is 2.35. The van der Waals surface area contributed by atoms with Crippen LogP contribution in [0.4, 0.5) is 4.79 Å². The number of carbonyl (C=O) groups is 3. The fourth-order valence-corrected chi connectivity index (χ4v) is 2.66. The quantitative estimate of drug-likeness (QED) is 0.660. The molecule has 3 amide bonds. The lowest BCUT2D eigenvalue weighted by Gasteiger charge is -2.11. The standard InChI is InChI=1S/C12H14N2O5S/c13-12(18)14-10(15)7-20(19)9(11(16)17)6-8-4-2-1-3-5-8/h1-5,9H,6-7H2,(H,16,17)(H3,13,14,15,18). The van der Waals surface area contributed by atoms with E-state index in [-0.39, 0.29) is 6.42 Å². The monoisotopic (exact) mass is 298 g/mol. The molecule has 20 heavy (non-hydrogen) atoms. The van der Waals surface area contributed by atoms with Crippen LogP contribution in [0.3, 0.4) is 0 Å². The first kappa shape index (κ1) is 15.8. The lowest BCUT2D eigenvalue weighted by molar-refractivity contribution is -0.136. The maximum Gasteiger partial charge on any atom is 0.319 e. The summed E-state index contributed by atoms with van der Waals surface area (Å²) in [5.74, 6) is -2.72. The number of primary amides is 1. The molecule has 0 fully saturated rings. The lowest BCUT2D eigenvalue weighted by Crippen LogP contribution is -2.40. The molecule has 1 aromatic carbocycles. The minimum atomic E-state index is -1.95. The molecule has 0 spiro atoms. The molecule has 2 unspecified atom stereocenters. The van der Waals surface area contributed by atoms with Gasteiger partial charge in [0.1, 0.15) is 11.0 Å². The van der Waals surface area contributed by atoms with Crippen LogP contribution in [0.1, 0.15) is 5.56 Å². The molecule has 0 aliphatic carbocycles. The van der Waals surface area contributed by atoms with Crippen LogP contribution in [-0.2, 0) is 26.8 Å². The van der Waals surface area contributed by atoms with Crippen LogP contribution in [0.25, 0.3) is 0 Å². The number of urea groups is 1. The van der Waals surface area contributed by atoms with Crippen LogP contribution in [0.5, 0.6) is 0 Å². The molecule has 0 saturated carbocycles. The molecule has 0 saturated heterocycles. The number of carboxylic acids is 1. The van der Waals surface area contributed by atoms with Crippen LogP contribution in [0.2, 0.25) is 0 Å². The van der Waals surface area contributed by atoms with Crippen LogP contribution in [-0.4, -0.2) is 38.2 Å². The number of amides is 3. The molecule has 1 aromatic rings. The van der Waals surface area contributed by atoms with Gasteiger partial charge in [-0.3, -0.25) is 19.1 Å². The number of nitrogens with one attached hydrogen (secondary N) is 1. The molecule has 0 bridgehead atoms. The van der Waals surface area contributed by atoms with Crippen molar-refractivity contribution in [3.63, 3.8) is 0 Å². The van der Waals surface area contributed by atoms with Gasteiger partial charge in [0.25, 0.3) is 0 Å². The molecule has 2 atom stereocenters. The fraction of sp³-hybridized carbons (Fsp3) is 0.250. The van der Waals surface area contributed by atoms with Crippen molar-refractivity contribution in [2.24, 2.45) is 5.73 Å². The average molecular weight is 298 g/mol. The second-order valence-electron chi connectivity index (χ2n) is 3.95. The zero-order chi connectivity index (χ0) is 15.1. The van der Waals surface area contributed by atoms with Gasteiger partial charge < -0.3 is 10.8 Å². The smallest absolute Gasteiger partial charge is 0.319 e. The number of carboxylic acid groups (broad SMARTS) is 1. The Kier molecular flexibility index (Phi) is 5.85. The Balaban J connectivity index is 2.71. The van der Waals surface area contributed by atoms with Gasteiger partial charge in [0.05, 0.1) is 0 Å². The first-order valence-corrected chi connectivity index (χ1v) is 7.01. The normalized spacial score (nSPS) is 13.2. The number of benzene rings is 1. The summed E-state index contributed by atoms with van der Waals surface area (Å²) in [6.07, 6.45) is 0.0344. The van der Waals surface area contributed by atoms with E-state index in [0.29, 0.717) is 5.56 Å². The van der Waals surface area contributed by atoms with Crippen molar-refractivity contribution in [2.45, 2.75) is 11.7 Å². The molecule has 0 aromatic heterocycles. The van der Waals surface area contributed by atoms with Crippen molar-refractivity contribution in [3.8, 4) is 0 Å². The Hall–Kier alpha value is -2.22. The van der Waals surface area contributed by atoms with Crippen molar-refractivity contribution in [1.29, 1.82) is 0 Å². The molecule has 8 heteroatoms. The molecule has 1 rings (SSSR count). The van der Waals surface area contributed by atoms with E-state index in [0.717, 1.165) is 0 Å². The number of hydrogen-bond acceptors (Lipinski definition) is 4. The van der Waals surface area contributed by atoms with E-state index in [2.05, 4.69) is 0 Å². The van der Waals surface area contributed by atoms with Crippen molar-refractivity contribution >= 4 is 28.7 Å². The van der Waals surface area contributed by atoms with Gasteiger partial charge in [-0.15, -0.1) is 0 Å². The van der Waals surface area contributed by atoms with Crippen LogP contribution < -0.4 is 11.1 Å². The molecule has 0 radical (unpaired) electrons. The van der Waals surface area contributed by atoms with Crippen LogP contribution in [0, 0.1) is 0 Å². The molecule has 108 valence electrons. The van der Waals surface area contributed by atoms with Gasteiger partial charge >= 0.3 is 12.0 Å². The Morgan fingerprint density at radius 2 is 1.85 bits per heavy atom. The topological polar surface area (TPSA) is 127 Å². The number of rotatable bonds is 6. The number of imide groups is 1. The Morgan fingerprint density at radius 1 is 1.25 bits per heavy atom. The predicted molar refractivity (Wildman–Crippen MR) is 72.3 cm³/mol. The van der Waals surface area contributed by atoms with Gasteiger partial charge in [-0.25, -0.2) is 4.79 Å². The Bertz CT molecular complexity index is 532. The minimum absolute atomic E-state index is 0.0344. The van der Waals surface area contributed by atoms with Crippen molar-refractivity contribution in [2.75, 3.05) is 5.75 Å². The second-order valence-corrected chi connectivity index (χ2v) is 5.57. The fourth-order valence-electron chi connectivity index (χ4n) is 1.52. The third-order valence-corrected chi connectivity index (χ3v) is 3.94. The highest BCUT2D eigenvalue weighted by atomic mass is 32.2. The van der Waals surface area contributed by atoms with Gasteiger partial charge in [0.15, 0.2) is 0 Å². The van der Waals surface area contributed by atoms with Crippen LogP contribution >= 0.6 is 0 Å². The zero-order valence-electron chi connectivity index (χ0n) is 10.4. The van der Waals surface area contributed by atoms with Gasteiger partial charge in [-0.2, -0.15) is 0 Å². The first-order chi connectivity index (χ1) is 9.40. The van der Waals surface area contributed by atoms with E-state index in [1.807, 2.05) is 0 Å². The molecular weight excluding hydrogens is 284 g/mol. The molecule has 4 N–H and O–H groups in total. The second kappa shape index (κ2) is 7.39. The number of hydrogen-bond donors (Lipinski definition) is 3. The third kappa shape index (κ3) is 5.19. The molecular formula is C12H14N2O5S. The van der Waals surface area contributed by atoms with E-state index in [9.17, 15) is 18.6 Å². The summed E-state index contributed by atoms with van der Waals surface area (Å²) < 4.78 is 11.9. The van der Waals surface area contributed by atoms with E-state index in [1.54, 1.807) is 35.6 Å². The van der Waals surface area contributed by atoms with Crippen LogP contribution in [0.15, 0.2) is 30.3 Å². The maximum atomic E-state index is 11.9. The summed E-state index contributed by atoms with van der Waals surface area (Å²) in [5.41, 5.74) is 5.44. The van der Waals surface area contributed by atoms with Gasteiger partial charge in [-0.1, -0.05) is 30.3 Å². The SMILES string of the molecule is NC(=O)NC(=O)CS(=O)C(Cc1ccccc1)C(=O)O. The zero-order valence-corrected chi connectivity index (χ0v) is 11.3. The predicted octanol–water partition coefficient (Wildman–Crippen LogP) is -0.374. The summed E-state index contributed by atoms with van der Waals surface area (Å²) in [7, 11) is -1.95. The summed E-state index contributed by atoms with van der Waals surface area (Å²) in [4.78, 5) is 32.8. The first-order valence-electron chi connectivity index (χ1n) is 5.63. The molecule has 7 nitrogen and oxygen atoms in total. The van der Waals surface area contributed by atoms with Crippen molar-refractivity contribution in [1.82, 2.24) is 5.32 Å². The summed E-state index contributed by atoms with van der Waals surface area (Å²) >= 11 is 0. The minimum Gasteiger partial charge on any atom is -0.480 e. The van der Waals surface area contributed by atoms with E-state index < -0.39 is 39.7 Å². The van der Waals surface area contributed by atoms with E-state index >= 15 is 0 Å².